The SMILES string of the molecule is CC1Cc2cc(C(=O)O)sc2-c2cc(F)ccc21. The fraction of sp³-hybridized carbons (Fsp3) is 0.214. The standard InChI is InChI=1S/C14H11FO2S/c1-7-4-8-5-12(14(16)17)18-13(8)11-6-9(15)2-3-10(7)11/h2-3,5-7H,4H2,1H3,(H,16,17). The van der Waals surface area contributed by atoms with Crippen LogP contribution >= 0.6 is 11.3 Å². The molecule has 0 spiro atoms. The Balaban J connectivity index is 2.24. The molecule has 1 unspecified atom stereocenters. The molecule has 2 aromatic rings. The van der Waals surface area contributed by atoms with Crippen molar-refractivity contribution in [2.75, 3.05) is 0 Å². The van der Waals surface area contributed by atoms with Gasteiger partial charge in [-0.3, -0.25) is 0 Å². The van der Waals surface area contributed by atoms with Crippen LogP contribution in [0.1, 0.15) is 33.6 Å². The molecule has 1 aromatic heterocycles. The first-order valence-corrected chi connectivity index (χ1v) is 6.53. The van der Waals surface area contributed by atoms with Crippen molar-refractivity contribution in [2.24, 2.45) is 0 Å². The molecular weight excluding hydrogens is 251 g/mol. The van der Waals surface area contributed by atoms with E-state index in [2.05, 4.69) is 6.92 Å². The lowest BCUT2D eigenvalue weighted by molar-refractivity contribution is 0.0702. The number of aromatic carboxylic acids is 1. The van der Waals surface area contributed by atoms with E-state index in [1.54, 1.807) is 12.1 Å². The zero-order chi connectivity index (χ0) is 12.9. The topological polar surface area (TPSA) is 37.3 Å². The molecule has 1 heterocycles. The third kappa shape index (κ3) is 1.64. The van der Waals surface area contributed by atoms with Crippen LogP contribution in [0.15, 0.2) is 24.3 Å². The van der Waals surface area contributed by atoms with E-state index in [1.807, 2.05) is 0 Å². The van der Waals surface area contributed by atoms with Crippen LogP contribution in [-0.4, -0.2) is 11.1 Å². The van der Waals surface area contributed by atoms with E-state index < -0.39 is 5.97 Å². The van der Waals surface area contributed by atoms with Crippen LogP contribution in [0.3, 0.4) is 0 Å². The minimum absolute atomic E-state index is 0.279. The smallest absolute Gasteiger partial charge is 0.345 e. The van der Waals surface area contributed by atoms with Crippen molar-refractivity contribution in [1.82, 2.24) is 0 Å². The number of hydrogen-bond acceptors (Lipinski definition) is 2. The molecule has 18 heavy (non-hydrogen) atoms. The summed E-state index contributed by atoms with van der Waals surface area (Å²) in [4.78, 5) is 12.2. The first-order chi connectivity index (χ1) is 8.56. The Hall–Kier alpha value is -1.68. The van der Waals surface area contributed by atoms with Crippen molar-refractivity contribution in [3.8, 4) is 10.4 Å². The van der Waals surface area contributed by atoms with Gasteiger partial charge < -0.3 is 5.11 Å². The molecule has 1 aromatic carbocycles. The Morgan fingerprint density at radius 3 is 2.94 bits per heavy atom. The van der Waals surface area contributed by atoms with Crippen molar-refractivity contribution >= 4 is 17.3 Å². The lowest BCUT2D eigenvalue weighted by Gasteiger charge is -2.22. The number of carboxylic acid groups (broad SMARTS) is 1. The highest BCUT2D eigenvalue weighted by atomic mass is 32.1. The normalized spacial score (nSPS) is 17.1. The zero-order valence-electron chi connectivity index (χ0n) is 9.74. The summed E-state index contributed by atoms with van der Waals surface area (Å²) >= 11 is 1.23. The van der Waals surface area contributed by atoms with E-state index in [0.717, 1.165) is 28.0 Å². The second-order valence-electron chi connectivity index (χ2n) is 4.61. The molecule has 92 valence electrons. The van der Waals surface area contributed by atoms with Gasteiger partial charge in [-0.05, 0) is 47.2 Å². The first-order valence-electron chi connectivity index (χ1n) is 5.72. The largest absolute Gasteiger partial charge is 0.477 e. The van der Waals surface area contributed by atoms with E-state index in [1.165, 1.54) is 23.5 Å². The van der Waals surface area contributed by atoms with E-state index >= 15 is 0 Å². The van der Waals surface area contributed by atoms with Crippen LogP contribution in [0.25, 0.3) is 10.4 Å². The van der Waals surface area contributed by atoms with Gasteiger partial charge in [0.25, 0.3) is 0 Å². The number of fused-ring (bicyclic) bond motifs is 3. The molecule has 0 radical (unpaired) electrons. The van der Waals surface area contributed by atoms with Crippen molar-refractivity contribution in [3.05, 3.63) is 46.1 Å². The molecule has 2 nitrogen and oxygen atoms in total. The highest BCUT2D eigenvalue weighted by Gasteiger charge is 2.25. The van der Waals surface area contributed by atoms with Gasteiger partial charge in [-0.25, -0.2) is 9.18 Å². The Bertz CT molecular complexity index is 645. The summed E-state index contributed by atoms with van der Waals surface area (Å²) in [7, 11) is 0. The maximum absolute atomic E-state index is 13.4. The third-order valence-corrected chi connectivity index (χ3v) is 4.54. The van der Waals surface area contributed by atoms with Gasteiger partial charge in [-0.15, -0.1) is 11.3 Å². The van der Waals surface area contributed by atoms with Gasteiger partial charge in [-0.1, -0.05) is 13.0 Å². The van der Waals surface area contributed by atoms with E-state index in [0.29, 0.717) is 10.8 Å². The number of halogens is 1. The monoisotopic (exact) mass is 262 g/mol. The van der Waals surface area contributed by atoms with E-state index in [9.17, 15) is 9.18 Å². The summed E-state index contributed by atoms with van der Waals surface area (Å²) in [6, 6.07) is 6.49. The first kappa shape index (κ1) is 11.4. The molecule has 0 saturated heterocycles. The molecule has 0 saturated carbocycles. The number of carbonyl (C=O) groups is 1. The van der Waals surface area contributed by atoms with Crippen molar-refractivity contribution in [2.45, 2.75) is 19.3 Å². The van der Waals surface area contributed by atoms with E-state index in [-0.39, 0.29) is 5.82 Å². The fourth-order valence-electron chi connectivity index (χ4n) is 2.51. The van der Waals surface area contributed by atoms with Gasteiger partial charge >= 0.3 is 5.97 Å². The Labute approximate surface area is 108 Å². The average molecular weight is 262 g/mol. The summed E-state index contributed by atoms with van der Waals surface area (Å²) < 4.78 is 13.4. The molecule has 0 bridgehead atoms. The summed E-state index contributed by atoms with van der Waals surface area (Å²) in [5, 5.41) is 9.04. The van der Waals surface area contributed by atoms with Gasteiger partial charge in [-0.2, -0.15) is 0 Å². The molecule has 0 aliphatic heterocycles. The Morgan fingerprint density at radius 2 is 2.22 bits per heavy atom. The van der Waals surface area contributed by atoms with Gasteiger partial charge in [0.15, 0.2) is 0 Å². The predicted octanol–water partition coefficient (Wildman–Crippen LogP) is 3.91. The maximum atomic E-state index is 13.4. The average Bonchev–Trinajstić information content (AvgIpc) is 2.73. The molecule has 0 amide bonds. The summed E-state index contributed by atoms with van der Waals surface area (Å²) in [5.74, 6) is -0.900. The van der Waals surface area contributed by atoms with Crippen LogP contribution in [0.2, 0.25) is 0 Å². The van der Waals surface area contributed by atoms with Gasteiger partial charge in [0, 0.05) is 4.88 Å². The van der Waals surface area contributed by atoms with Crippen LogP contribution < -0.4 is 0 Å². The van der Waals surface area contributed by atoms with Crippen molar-refractivity contribution < 1.29 is 14.3 Å². The van der Waals surface area contributed by atoms with Gasteiger partial charge in [0.2, 0.25) is 0 Å². The van der Waals surface area contributed by atoms with Gasteiger partial charge in [0.1, 0.15) is 10.7 Å². The number of thiophene rings is 1. The number of benzene rings is 1. The molecule has 1 N–H and O–H groups in total. The summed E-state index contributed by atoms with van der Waals surface area (Å²) in [5.41, 5.74) is 2.96. The highest BCUT2D eigenvalue weighted by Crippen LogP contribution is 2.44. The minimum Gasteiger partial charge on any atom is -0.477 e. The predicted molar refractivity (Wildman–Crippen MR) is 68.8 cm³/mol. The maximum Gasteiger partial charge on any atom is 0.345 e. The third-order valence-electron chi connectivity index (χ3n) is 3.34. The number of rotatable bonds is 1. The Morgan fingerprint density at radius 1 is 1.44 bits per heavy atom. The fourth-order valence-corrected chi connectivity index (χ4v) is 3.58. The summed E-state index contributed by atoms with van der Waals surface area (Å²) in [6.45, 7) is 2.08. The van der Waals surface area contributed by atoms with E-state index in [4.69, 9.17) is 5.11 Å². The van der Waals surface area contributed by atoms with Crippen LogP contribution in [0, 0.1) is 5.82 Å². The highest BCUT2D eigenvalue weighted by molar-refractivity contribution is 7.17. The second kappa shape index (κ2) is 3.92. The molecule has 4 heteroatoms. The lowest BCUT2D eigenvalue weighted by atomic mass is 9.84. The molecule has 1 aliphatic carbocycles. The molecule has 3 rings (SSSR count). The molecule has 1 atom stereocenters. The zero-order valence-corrected chi connectivity index (χ0v) is 10.6. The number of hydrogen-bond donors (Lipinski definition) is 1. The molecule has 1 aliphatic rings. The molecular formula is C14H11FO2S. The van der Waals surface area contributed by atoms with Crippen LogP contribution in [0.4, 0.5) is 4.39 Å². The van der Waals surface area contributed by atoms with Crippen LogP contribution in [-0.2, 0) is 6.42 Å². The lowest BCUT2D eigenvalue weighted by Crippen LogP contribution is -2.06. The number of carboxylic acids is 1. The van der Waals surface area contributed by atoms with Crippen molar-refractivity contribution in [1.29, 1.82) is 0 Å². The quantitative estimate of drug-likeness (QED) is 0.846. The summed E-state index contributed by atoms with van der Waals surface area (Å²) in [6.07, 6.45) is 0.817. The van der Waals surface area contributed by atoms with Crippen molar-refractivity contribution in [3.63, 3.8) is 0 Å². The second-order valence-corrected chi connectivity index (χ2v) is 5.66. The molecule has 0 fully saturated rings. The Kier molecular flexibility index (Phi) is 2.48. The minimum atomic E-state index is -0.917. The van der Waals surface area contributed by atoms with Gasteiger partial charge in [0.05, 0.1) is 0 Å². The van der Waals surface area contributed by atoms with Crippen LogP contribution in [0.5, 0.6) is 0 Å².